The van der Waals surface area contributed by atoms with Crippen LogP contribution in [-0.4, -0.2) is 10.7 Å². The molecule has 0 aliphatic heterocycles. The van der Waals surface area contributed by atoms with Gasteiger partial charge in [0, 0.05) is 18.1 Å². The summed E-state index contributed by atoms with van der Waals surface area (Å²) >= 11 is 0. The second kappa shape index (κ2) is 5.73. The Morgan fingerprint density at radius 2 is 1.91 bits per heavy atom. The number of benzene rings is 2. The number of ether oxygens (including phenoxy) is 1. The molecule has 1 heterocycles. The Balaban J connectivity index is 1.83. The van der Waals surface area contributed by atoms with E-state index in [0.29, 0.717) is 22.8 Å². The molecular formula is C17H14N4O2. The van der Waals surface area contributed by atoms with Gasteiger partial charge in [0.05, 0.1) is 17.1 Å². The van der Waals surface area contributed by atoms with E-state index in [4.69, 9.17) is 15.7 Å². The van der Waals surface area contributed by atoms with Gasteiger partial charge in [-0.3, -0.25) is 5.32 Å². The predicted octanol–water partition coefficient (Wildman–Crippen LogP) is 3.24. The molecule has 0 radical (unpaired) electrons. The molecule has 3 rings (SSSR count). The van der Waals surface area contributed by atoms with Gasteiger partial charge in [-0.1, -0.05) is 12.1 Å². The molecule has 3 N–H and O–H groups in total. The summed E-state index contributed by atoms with van der Waals surface area (Å²) in [5.74, 6) is 0.704. The molecule has 1 amide bonds. The first-order chi connectivity index (χ1) is 11.1. The highest BCUT2D eigenvalue weighted by atomic mass is 16.6. The van der Waals surface area contributed by atoms with Gasteiger partial charge >= 0.3 is 6.09 Å². The van der Waals surface area contributed by atoms with Gasteiger partial charge < -0.3 is 15.0 Å². The molecule has 3 aromatic rings. The Morgan fingerprint density at radius 1 is 1.22 bits per heavy atom. The van der Waals surface area contributed by atoms with Crippen molar-refractivity contribution in [3.05, 3.63) is 54.1 Å². The number of nitrogens with two attached hydrogens (primary N) is 1. The van der Waals surface area contributed by atoms with Crippen LogP contribution in [0, 0.1) is 11.3 Å². The Kier molecular flexibility index (Phi) is 3.61. The van der Waals surface area contributed by atoms with Gasteiger partial charge in [-0.25, -0.2) is 4.79 Å². The van der Waals surface area contributed by atoms with Crippen molar-refractivity contribution >= 4 is 28.5 Å². The van der Waals surface area contributed by atoms with Gasteiger partial charge in [0.25, 0.3) is 0 Å². The SMILES string of the molecule is Cn1c(N)c(OC(=O)Nc2ccc(C#N)cc2)c2ccccc21. The summed E-state index contributed by atoms with van der Waals surface area (Å²) in [6.45, 7) is 0. The lowest BCUT2D eigenvalue weighted by atomic mass is 10.2. The number of hydrogen-bond acceptors (Lipinski definition) is 4. The van der Waals surface area contributed by atoms with Crippen molar-refractivity contribution in [3.8, 4) is 11.8 Å². The summed E-state index contributed by atoms with van der Waals surface area (Å²) in [4.78, 5) is 12.1. The number of nitriles is 1. The Bertz CT molecular complexity index is 920. The molecule has 1 aromatic heterocycles. The van der Waals surface area contributed by atoms with Crippen molar-refractivity contribution in [3.63, 3.8) is 0 Å². The van der Waals surface area contributed by atoms with E-state index in [9.17, 15) is 4.79 Å². The summed E-state index contributed by atoms with van der Waals surface area (Å²) in [5, 5.41) is 12.1. The van der Waals surface area contributed by atoms with Crippen molar-refractivity contribution in [2.75, 3.05) is 11.1 Å². The number of aryl methyl sites for hydroxylation is 1. The van der Waals surface area contributed by atoms with Gasteiger partial charge in [0.1, 0.15) is 5.82 Å². The largest absolute Gasteiger partial charge is 0.417 e. The number of carbonyl (C=O) groups excluding carboxylic acids is 1. The monoisotopic (exact) mass is 306 g/mol. The maximum absolute atomic E-state index is 12.1. The van der Waals surface area contributed by atoms with E-state index >= 15 is 0 Å². The summed E-state index contributed by atoms with van der Waals surface area (Å²) in [6, 6.07) is 16.0. The van der Waals surface area contributed by atoms with Crippen LogP contribution < -0.4 is 15.8 Å². The molecule has 23 heavy (non-hydrogen) atoms. The van der Waals surface area contributed by atoms with Crippen molar-refractivity contribution in [1.82, 2.24) is 4.57 Å². The zero-order valence-corrected chi connectivity index (χ0v) is 12.4. The van der Waals surface area contributed by atoms with E-state index in [-0.39, 0.29) is 0 Å². The minimum Gasteiger partial charge on any atom is -0.405 e. The van der Waals surface area contributed by atoms with Crippen LogP contribution in [0.4, 0.5) is 16.3 Å². The summed E-state index contributed by atoms with van der Waals surface area (Å²) in [6.07, 6.45) is -0.641. The van der Waals surface area contributed by atoms with Crippen LogP contribution in [0.15, 0.2) is 48.5 Å². The van der Waals surface area contributed by atoms with Crippen LogP contribution in [0.3, 0.4) is 0 Å². The number of nitrogens with one attached hydrogen (secondary N) is 1. The van der Waals surface area contributed by atoms with E-state index in [1.54, 1.807) is 28.8 Å². The number of amides is 1. The first-order valence-electron chi connectivity index (χ1n) is 6.92. The summed E-state index contributed by atoms with van der Waals surface area (Å²) < 4.78 is 7.14. The zero-order valence-electron chi connectivity index (χ0n) is 12.4. The van der Waals surface area contributed by atoms with Gasteiger partial charge in [-0.15, -0.1) is 0 Å². The molecule has 0 fully saturated rings. The van der Waals surface area contributed by atoms with Crippen molar-refractivity contribution in [1.29, 1.82) is 5.26 Å². The molecule has 6 nitrogen and oxygen atoms in total. The van der Waals surface area contributed by atoms with E-state index in [0.717, 1.165) is 10.9 Å². The van der Waals surface area contributed by atoms with Crippen LogP contribution in [0.5, 0.6) is 5.75 Å². The van der Waals surface area contributed by atoms with E-state index < -0.39 is 6.09 Å². The minimum absolute atomic E-state index is 0.328. The number of para-hydroxylation sites is 1. The Hall–Kier alpha value is -3.46. The highest BCUT2D eigenvalue weighted by Gasteiger charge is 2.17. The Labute approximate surface area is 132 Å². The number of fused-ring (bicyclic) bond motifs is 1. The van der Waals surface area contributed by atoms with Crippen LogP contribution in [0.2, 0.25) is 0 Å². The third-order valence-corrected chi connectivity index (χ3v) is 3.56. The number of nitrogen functional groups attached to an aromatic ring is 1. The average molecular weight is 306 g/mol. The fourth-order valence-corrected chi connectivity index (χ4v) is 2.35. The normalized spacial score (nSPS) is 10.3. The molecule has 0 saturated carbocycles. The molecule has 2 aromatic carbocycles. The first kappa shape index (κ1) is 14.5. The molecule has 0 unspecified atom stereocenters. The zero-order chi connectivity index (χ0) is 16.4. The van der Waals surface area contributed by atoms with Gasteiger partial charge in [-0.2, -0.15) is 5.26 Å². The van der Waals surface area contributed by atoms with Gasteiger partial charge in [-0.05, 0) is 36.4 Å². The van der Waals surface area contributed by atoms with Gasteiger partial charge in [0.15, 0.2) is 5.75 Å². The standard InChI is InChI=1S/C17H14N4O2/c1-21-14-5-3-2-4-13(14)15(16(21)19)23-17(22)20-12-8-6-11(10-18)7-9-12/h2-9H,19H2,1H3,(H,20,22). The van der Waals surface area contributed by atoms with Crippen molar-refractivity contribution in [2.45, 2.75) is 0 Å². The second-order valence-corrected chi connectivity index (χ2v) is 4.99. The fourth-order valence-electron chi connectivity index (χ4n) is 2.35. The topological polar surface area (TPSA) is 93.1 Å². The number of carbonyl (C=O) groups is 1. The van der Waals surface area contributed by atoms with Gasteiger partial charge in [0.2, 0.25) is 0 Å². The predicted molar refractivity (Wildman–Crippen MR) is 88.1 cm³/mol. The van der Waals surface area contributed by atoms with Crippen molar-refractivity contribution in [2.24, 2.45) is 7.05 Å². The molecule has 0 saturated heterocycles. The van der Waals surface area contributed by atoms with Crippen LogP contribution in [0.25, 0.3) is 10.9 Å². The minimum atomic E-state index is -0.641. The Morgan fingerprint density at radius 3 is 2.61 bits per heavy atom. The number of anilines is 2. The first-order valence-corrected chi connectivity index (χ1v) is 6.92. The quantitative estimate of drug-likeness (QED) is 0.760. The summed E-state index contributed by atoms with van der Waals surface area (Å²) in [7, 11) is 1.81. The van der Waals surface area contributed by atoms with Crippen LogP contribution in [-0.2, 0) is 7.05 Å². The third-order valence-electron chi connectivity index (χ3n) is 3.56. The molecule has 0 bridgehead atoms. The average Bonchev–Trinajstić information content (AvgIpc) is 2.81. The molecule has 0 aliphatic carbocycles. The lowest BCUT2D eigenvalue weighted by molar-refractivity contribution is 0.216. The van der Waals surface area contributed by atoms with Crippen LogP contribution >= 0.6 is 0 Å². The van der Waals surface area contributed by atoms with E-state index in [2.05, 4.69) is 5.32 Å². The summed E-state index contributed by atoms with van der Waals surface area (Å²) in [5.41, 5.74) is 7.95. The maximum Gasteiger partial charge on any atom is 0.417 e. The molecular weight excluding hydrogens is 292 g/mol. The number of hydrogen-bond donors (Lipinski definition) is 2. The smallest absolute Gasteiger partial charge is 0.405 e. The number of nitrogens with zero attached hydrogens (tertiary/aromatic N) is 2. The molecule has 114 valence electrons. The number of rotatable bonds is 2. The molecule has 6 heteroatoms. The maximum atomic E-state index is 12.1. The lowest BCUT2D eigenvalue weighted by Gasteiger charge is -2.07. The molecule has 0 atom stereocenters. The molecule has 0 aliphatic rings. The molecule has 0 spiro atoms. The fraction of sp³-hybridized carbons (Fsp3) is 0.0588. The number of aromatic nitrogens is 1. The second-order valence-electron chi connectivity index (χ2n) is 4.99. The van der Waals surface area contributed by atoms with E-state index in [1.165, 1.54) is 0 Å². The highest BCUT2D eigenvalue weighted by Crippen LogP contribution is 2.34. The third kappa shape index (κ3) is 2.68. The van der Waals surface area contributed by atoms with E-state index in [1.807, 2.05) is 37.4 Å². The highest BCUT2D eigenvalue weighted by molar-refractivity contribution is 5.96. The van der Waals surface area contributed by atoms with Crippen LogP contribution in [0.1, 0.15) is 5.56 Å². The lowest BCUT2D eigenvalue weighted by Crippen LogP contribution is -2.17. The van der Waals surface area contributed by atoms with Crippen molar-refractivity contribution < 1.29 is 9.53 Å².